The van der Waals surface area contributed by atoms with Gasteiger partial charge in [0.05, 0.1) is 6.42 Å². The molecule has 0 radical (unpaired) electrons. The van der Waals surface area contributed by atoms with Gasteiger partial charge in [0.2, 0.25) is 0 Å². The third-order valence-corrected chi connectivity index (χ3v) is 3.08. The number of nitrogens with one attached hydrogen (secondary N) is 2. The van der Waals surface area contributed by atoms with Crippen molar-refractivity contribution in [1.29, 1.82) is 0 Å². The fraction of sp³-hybridized carbons (Fsp3) is 0.786. The van der Waals surface area contributed by atoms with Crippen LogP contribution < -0.4 is 10.6 Å². The first-order chi connectivity index (χ1) is 9.67. The second-order valence-corrected chi connectivity index (χ2v) is 6.28. The molecule has 3 N–H and O–H groups in total. The van der Waals surface area contributed by atoms with E-state index in [0.29, 0.717) is 0 Å². The molecule has 1 rings (SSSR count). The van der Waals surface area contributed by atoms with E-state index < -0.39 is 36.0 Å². The number of ether oxygens (including phenoxy) is 1. The van der Waals surface area contributed by atoms with Gasteiger partial charge in [-0.05, 0) is 33.6 Å². The van der Waals surface area contributed by atoms with Crippen LogP contribution >= 0.6 is 0 Å². The van der Waals surface area contributed by atoms with Crippen LogP contribution in [0.3, 0.4) is 0 Å². The number of carboxylic acid groups (broad SMARTS) is 1. The maximum absolute atomic E-state index is 11.7. The summed E-state index contributed by atoms with van der Waals surface area (Å²) in [5.74, 6) is -1.92. The fourth-order valence-electron chi connectivity index (χ4n) is 2.21. The highest BCUT2D eigenvalue weighted by Gasteiger charge is 2.27. The van der Waals surface area contributed by atoms with Gasteiger partial charge in [-0.2, -0.15) is 0 Å². The van der Waals surface area contributed by atoms with Crippen LogP contribution in [0.1, 0.15) is 52.9 Å². The molecule has 0 unspecified atom stereocenters. The van der Waals surface area contributed by atoms with Crippen molar-refractivity contribution in [3.63, 3.8) is 0 Å². The van der Waals surface area contributed by atoms with Crippen LogP contribution in [0.4, 0.5) is 4.79 Å². The Labute approximate surface area is 124 Å². The smallest absolute Gasteiger partial charge is 0.326 e. The summed E-state index contributed by atoms with van der Waals surface area (Å²) in [5, 5.41) is 14.1. The molecule has 0 aromatic rings. The van der Waals surface area contributed by atoms with Gasteiger partial charge in [0.15, 0.2) is 0 Å². The van der Waals surface area contributed by atoms with Gasteiger partial charge in [-0.25, -0.2) is 9.59 Å². The van der Waals surface area contributed by atoms with Crippen molar-refractivity contribution in [2.24, 2.45) is 0 Å². The minimum atomic E-state index is -1.29. The number of rotatable bonds is 5. The third kappa shape index (κ3) is 6.97. The molecular formula is C14H24N2O5. The molecule has 120 valence electrons. The van der Waals surface area contributed by atoms with Crippen LogP contribution in [0.15, 0.2) is 0 Å². The SMILES string of the molecule is CC(C)(C)OC(=O)C[C@H](NC(=O)NC1CCCC1)C(=O)O. The Balaban J connectivity index is 2.47. The number of carbonyl (C=O) groups excluding carboxylic acids is 2. The Bertz CT molecular complexity index is 397. The van der Waals surface area contributed by atoms with Gasteiger partial charge in [-0.1, -0.05) is 12.8 Å². The molecule has 0 spiro atoms. The lowest BCUT2D eigenvalue weighted by Crippen LogP contribution is -2.49. The molecule has 0 heterocycles. The number of hydrogen-bond donors (Lipinski definition) is 3. The lowest BCUT2D eigenvalue weighted by Gasteiger charge is -2.22. The standard InChI is InChI=1S/C14H24N2O5/c1-14(2,3)21-11(17)8-10(12(18)19)16-13(20)15-9-6-4-5-7-9/h9-10H,4-8H2,1-3H3,(H,18,19)(H2,15,16,20)/t10-/m0/s1. The van der Waals surface area contributed by atoms with E-state index >= 15 is 0 Å². The minimum Gasteiger partial charge on any atom is -0.480 e. The Hall–Kier alpha value is -1.79. The van der Waals surface area contributed by atoms with Crippen molar-refractivity contribution < 1.29 is 24.2 Å². The number of urea groups is 1. The van der Waals surface area contributed by atoms with Crippen molar-refractivity contribution >= 4 is 18.0 Å². The van der Waals surface area contributed by atoms with E-state index in [1.165, 1.54) is 0 Å². The topological polar surface area (TPSA) is 105 Å². The zero-order valence-corrected chi connectivity index (χ0v) is 12.8. The van der Waals surface area contributed by atoms with Gasteiger partial charge in [0.25, 0.3) is 0 Å². The molecule has 1 atom stereocenters. The molecule has 2 amide bonds. The van der Waals surface area contributed by atoms with E-state index in [4.69, 9.17) is 9.84 Å². The van der Waals surface area contributed by atoms with Crippen LogP contribution in [0.25, 0.3) is 0 Å². The molecule has 0 aliphatic heterocycles. The van der Waals surface area contributed by atoms with Gasteiger partial charge in [-0.3, -0.25) is 4.79 Å². The zero-order valence-electron chi connectivity index (χ0n) is 12.8. The average molecular weight is 300 g/mol. The average Bonchev–Trinajstić information content (AvgIpc) is 2.77. The van der Waals surface area contributed by atoms with E-state index in [-0.39, 0.29) is 6.04 Å². The number of carbonyl (C=O) groups is 3. The Morgan fingerprint density at radius 1 is 1.24 bits per heavy atom. The summed E-state index contributed by atoms with van der Waals surface area (Å²) in [6, 6.07) is -1.76. The Morgan fingerprint density at radius 3 is 2.29 bits per heavy atom. The molecule has 0 bridgehead atoms. The summed E-state index contributed by atoms with van der Waals surface area (Å²) in [7, 11) is 0. The predicted molar refractivity (Wildman–Crippen MR) is 75.8 cm³/mol. The molecule has 1 aliphatic carbocycles. The van der Waals surface area contributed by atoms with Gasteiger partial charge >= 0.3 is 18.0 Å². The van der Waals surface area contributed by atoms with E-state index in [9.17, 15) is 14.4 Å². The molecule has 1 fully saturated rings. The lowest BCUT2D eigenvalue weighted by atomic mass is 10.1. The first kappa shape index (κ1) is 17.3. The lowest BCUT2D eigenvalue weighted by molar-refractivity contribution is -0.158. The van der Waals surface area contributed by atoms with Crippen LogP contribution in [-0.2, 0) is 14.3 Å². The van der Waals surface area contributed by atoms with Crippen LogP contribution in [0, 0.1) is 0 Å². The maximum atomic E-state index is 11.7. The van der Waals surface area contributed by atoms with Crippen LogP contribution in [0.5, 0.6) is 0 Å². The highest BCUT2D eigenvalue weighted by molar-refractivity contribution is 5.86. The molecule has 1 aliphatic rings. The van der Waals surface area contributed by atoms with Gasteiger partial charge in [0.1, 0.15) is 11.6 Å². The molecule has 0 aromatic carbocycles. The second kappa shape index (κ2) is 7.28. The van der Waals surface area contributed by atoms with Crippen LogP contribution in [0.2, 0.25) is 0 Å². The first-order valence-electron chi connectivity index (χ1n) is 7.19. The molecule has 7 nitrogen and oxygen atoms in total. The predicted octanol–water partition coefficient (Wildman–Crippen LogP) is 1.41. The highest BCUT2D eigenvalue weighted by Crippen LogP contribution is 2.17. The Kier molecular flexibility index (Phi) is 5.99. The van der Waals surface area contributed by atoms with E-state index in [1.54, 1.807) is 20.8 Å². The molecule has 0 aromatic heterocycles. The fourth-order valence-corrected chi connectivity index (χ4v) is 2.21. The molecule has 7 heteroatoms. The highest BCUT2D eigenvalue weighted by atomic mass is 16.6. The largest absolute Gasteiger partial charge is 0.480 e. The summed E-state index contributed by atoms with van der Waals surface area (Å²) < 4.78 is 5.06. The van der Waals surface area contributed by atoms with Gasteiger partial charge in [-0.15, -0.1) is 0 Å². The van der Waals surface area contributed by atoms with Gasteiger partial charge < -0.3 is 20.5 Å². The number of amides is 2. The second-order valence-electron chi connectivity index (χ2n) is 6.28. The number of aliphatic carboxylic acids is 1. The molecule has 21 heavy (non-hydrogen) atoms. The zero-order chi connectivity index (χ0) is 16.0. The number of hydrogen-bond acceptors (Lipinski definition) is 4. The van der Waals surface area contributed by atoms with E-state index in [2.05, 4.69) is 10.6 Å². The summed E-state index contributed by atoms with van der Waals surface area (Å²) in [5.41, 5.74) is -0.688. The Morgan fingerprint density at radius 2 is 1.81 bits per heavy atom. The number of carboxylic acids is 1. The maximum Gasteiger partial charge on any atom is 0.326 e. The van der Waals surface area contributed by atoms with Crippen molar-refractivity contribution in [2.45, 2.75) is 70.6 Å². The monoisotopic (exact) mass is 300 g/mol. The molecular weight excluding hydrogens is 276 g/mol. The van der Waals surface area contributed by atoms with Crippen molar-refractivity contribution in [1.82, 2.24) is 10.6 Å². The van der Waals surface area contributed by atoms with E-state index in [1.807, 2.05) is 0 Å². The van der Waals surface area contributed by atoms with Crippen molar-refractivity contribution in [3.05, 3.63) is 0 Å². The number of esters is 1. The summed E-state index contributed by atoms with van der Waals surface area (Å²) in [6.45, 7) is 5.09. The van der Waals surface area contributed by atoms with Gasteiger partial charge in [0, 0.05) is 6.04 Å². The summed E-state index contributed by atoms with van der Waals surface area (Å²) in [4.78, 5) is 34.5. The van der Waals surface area contributed by atoms with E-state index in [0.717, 1.165) is 25.7 Å². The molecule has 0 saturated heterocycles. The van der Waals surface area contributed by atoms with Crippen molar-refractivity contribution in [3.8, 4) is 0 Å². The summed E-state index contributed by atoms with van der Waals surface area (Å²) in [6.07, 6.45) is 3.52. The molecule has 1 saturated carbocycles. The van der Waals surface area contributed by atoms with Crippen molar-refractivity contribution in [2.75, 3.05) is 0 Å². The minimum absolute atomic E-state index is 0.0842. The summed E-state index contributed by atoms with van der Waals surface area (Å²) >= 11 is 0. The van der Waals surface area contributed by atoms with Crippen LogP contribution in [-0.4, -0.2) is 40.8 Å². The normalized spacial score (nSPS) is 17.1. The first-order valence-corrected chi connectivity index (χ1v) is 7.19. The quantitative estimate of drug-likeness (QED) is 0.666. The third-order valence-electron chi connectivity index (χ3n) is 3.08.